The fourth-order valence-electron chi connectivity index (χ4n) is 6.05. The first-order chi connectivity index (χ1) is 18.9. The van der Waals surface area contributed by atoms with Gasteiger partial charge in [0.1, 0.15) is 18.2 Å². The molecule has 1 saturated heterocycles. The number of allylic oxidation sites excluding steroid dienone is 3. The predicted octanol–water partition coefficient (Wildman–Crippen LogP) is 5.81. The van der Waals surface area contributed by atoms with Crippen molar-refractivity contribution in [3.05, 3.63) is 101 Å². The van der Waals surface area contributed by atoms with Gasteiger partial charge in [0.15, 0.2) is 0 Å². The van der Waals surface area contributed by atoms with E-state index in [0.29, 0.717) is 31.7 Å². The van der Waals surface area contributed by atoms with Gasteiger partial charge in [-0.2, -0.15) is 0 Å². The molecule has 0 spiro atoms. The van der Waals surface area contributed by atoms with Gasteiger partial charge in [0.25, 0.3) is 0 Å². The van der Waals surface area contributed by atoms with Gasteiger partial charge in [-0.3, -0.25) is 14.5 Å². The van der Waals surface area contributed by atoms with Gasteiger partial charge in [-0.05, 0) is 72.9 Å². The maximum absolute atomic E-state index is 13.9. The lowest BCUT2D eigenvalue weighted by Gasteiger charge is -2.30. The lowest BCUT2D eigenvalue weighted by atomic mass is 9.79. The Hall–Kier alpha value is -3.71. The Morgan fingerprint density at radius 1 is 1.15 bits per heavy atom. The summed E-state index contributed by atoms with van der Waals surface area (Å²) in [7, 11) is 0. The van der Waals surface area contributed by atoms with Crippen molar-refractivity contribution < 1.29 is 23.8 Å². The van der Waals surface area contributed by atoms with E-state index in [9.17, 15) is 19.1 Å². The van der Waals surface area contributed by atoms with Crippen LogP contribution in [0.1, 0.15) is 43.4 Å². The monoisotopic (exact) mass is 530 g/mol. The number of hydrogen-bond donors (Lipinski definition) is 1. The summed E-state index contributed by atoms with van der Waals surface area (Å²) in [6.45, 7) is 5.70. The van der Waals surface area contributed by atoms with Crippen molar-refractivity contribution in [3.63, 3.8) is 0 Å². The number of rotatable bonds is 9. The summed E-state index contributed by atoms with van der Waals surface area (Å²) < 4.78 is 19.5. The highest BCUT2D eigenvalue weighted by Gasteiger charge is 2.49. The van der Waals surface area contributed by atoms with Crippen LogP contribution in [0.5, 0.6) is 0 Å². The van der Waals surface area contributed by atoms with E-state index in [0.717, 1.165) is 41.0 Å². The number of amides is 1. The summed E-state index contributed by atoms with van der Waals surface area (Å²) >= 11 is 0. The number of likely N-dealkylation sites (tertiary alicyclic amines) is 1. The van der Waals surface area contributed by atoms with Gasteiger partial charge in [-0.15, -0.1) is 0 Å². The van der Waals surface area contributed by atoms with Gasteiger partial charge in [0.05, 0.1) is 12.5 Å². The molecule has 5 rings (SSSR count). The minimum absolute atomic E-state index is 0.0696. The number of ether oxygens (including phenoxy) is 1. The number of aryl methyl sites for hydroxylation is 1. The Morgan fingerprint density at radius 3 is 2.67 bits per heavy atom. The number of anilines is 1. The van der Waals surface area contributed by atoms with Gasteiger partial charge in [-0.1, -0.05) is 49.3 Å². The molecule has 0 bridgehead atoms. The van der Waals surface area contributed by atoms with Crippen LogP contribution in [-0.4, -0.2) is 48.1 Å². The molecule has 0 aromatic heterocycles. The molecule has 2 aromatic rings. The minimum atomic E-state index is -0.918. The van der Waals surface area contributed by atoms with Crippen LogP contribution in [0, 0.1) is 24.6 Å². The number of carboxylic acids is 1. The highest BCUT2D eigenvalue weighted by molar-refractivity contribution is 5.95. The third kappa shape index (κ3) is 5.69. The number of fused-ring (bicyclic) bond motifs is 1. The van der Waals surface area contributed by atoms with Crippen LogP contribution < -0.4 is 4.90 Å². The molecule has 0 unspecified atom stereocenters. The lowest BCUT2D eigenvalue weighted by molar-refractivity contribution is -0.143. The van der Waals surface area contributed by atoms with Crippen LogP contribution in [0.3, 0.4) is 0 Å². The Balaban J connectivity index is 1.49. The molecule has 7 heteroatoms. The Kier molecular flexibility index (Phi) is 7.98. The molecule has 0 radical (unpaired) electrons. The molecule has 3 atom stereocenters. The average molecular weight is 531 g/mol. The number of hydrogen-bond acceptors (Lipinski definition) is 4. The summed E-state index contributed by atoms with van der Waals surface area (Å²) in [6.07, 6.45) is 8.37. The maximum atomic E-state index is 13.9. The fourth-order valence-corrected chi connectivity index (χ4v) is 6.05. The molecule has 39 heavy (non-hydrogen) atoms. The fraction of sp³-hybridized carbons (Fsp3) is 0.375. The summed E-state index contributed by atoms with van der Waals surface area (Å²) in [5, 5.41) is 10.5. The van der Waals surface area contributed by atoms with E-state index in [1.807, 2.05) is 59.2 Å². The summed E-state index contributed by atoms with van der Waals surface area (Å²) in [6, 6.07) is 13.3. The number of carbonyl (C=O) groups is 2. The van der Waals surface area contributed by atoms with Crippen LogP contribution >= 0.6 is 0 Å². The van der Waals surface area contributed by atoms with E-state index in [-0.39, 0.29) is 24.2 Å². The molecule has 0 saturated carbocycles. The number of carboxylic acid groups (broad SMARTS) is 1. The highest BCUT2D eigenvalue weighted by atomic mass is 19.1. The number of benzene rings is 2. The quantitative estimate of drug-likeness (QED) is 0.443. The van der Waals surface area contributed by atoms with Crippen LogP contribution in [0.2, 0.25) is 0 Å². The number of carbonyl (C=O) groups excluding carboxylic acids is 1. The van der Waals surface area contributed by atoms with E-state index in [2.05, 4.69) is 6.92 Å². The topological polar surface area (TPSA) is 70.1 Å². The van der Waals surface area contributed by atoms with E-state index in [1.54, 1.807) is 12.1 Å². The first kappa shape index (κ1) is 26.9. The van der Waals surface area contributed by atoms with Crippen LogP contribution in [0.15, 0.2) is 83.7 Å². The van der Waals surface area contributed by atoms with E-state index < -0.39 is 17.9 Å². The molecule has 2 heterocycles. The first-order valence-corrected chi connectivity index (χ1v) is 13.7. The second kappa shape index (κ2) is 11.6. The van der Waals surface area contributed by atoms with Gasteiger partial charge in [-0.25, -0.2) is 4.39 Å². The lowest BCUT2D eigenvalue weighted by Crippen LogP contribution is -2.41. The number of halogens is 1. The number of unbranched alkanes of at least 4 members (excludes halogenated alkanes) is 1. The second-order valence-electron chi connectivity index (χ2n) is 10.6. The van der Waals surface area contributed by atoms with Gasteiger partial charge >= 0.3 is 5.97 Å². The zero-order valence-corrected chi connectivity index (χ0v) is 22.5. The molecule has 1 N–H and O–H groups in total. The largest absolute Gasteiger partial charge is 0.489 e. The van der Waals surface area contributed by atoms with Gasteiger partial charge < -0.3 is 14.7 Å². The van der Waals surface area contributed by atoms with E-state index in [4.69, 9.17) is 4.74 Å². The van der Waals surface area contributed by atoms with Crippen molar-refractivity contribution in [2.24, 2.45) is 11.8 Å². The van der Waals surface area contributed by atoms with Crippen LogP contribution in [-0.2, 0) is 14.3 Å². The highest BCUT2D eigenvalue weighted by Crippen LogP contribution is 2.47. The third-order valence-corrected chi connectivity index (χ3v) is 7.99. The summed E-state index contributed by atoms with van der Waals surface area (Å²) in [4.78, 5) is 30.5. The molecule has 1 aliphatic carbocycles. The number of nitrogens with zero attached hydrogens (tertiary/aromatic N) is 2. The molecule has 204 valence electrons. The van der Waals surface area contributed by atoms with Gasteiger partial charge in [0.2, 0.25) is 5.91 Å². The second-order valence-corrected chi connectivity index (χ2v) is 10.6. The summed E-state index contributed by atoms with van der Waals surface area (Å²) in [5.41, 5.74) is 4.71. The molecule has 1 fully saturated rings. The van der Waals surface area contributed by atoms with Crippen molar-refractivity contribution >= 4 is 17.6 Å². The van der Waals surface area contributed by atoms with Crippen LogP contribution in [0.4, 0.5) is 10.1 Å². The third-order valence-electron chi connectivity index (χ3n) is 7.99. The normalized spacial score (nSPS) is 22.4. The molecular formula is C32H35FN2O4. The smallest absolute Gasteiger partial charge is 0.309 e. The Bertz CT molecular complexity index is 1330. The van der Waals surface area contributed by atoms with Gasteiger partial charge in [0, 0.05) is 30.7 Å². The summed E-state index contributed by atoms with van der Waals surface area (Å²) in [5.74, 6) is -1.61. The SMILES string of the molecule is CCCCN(C(=O)CN1C[C@H](C2=CC=C3OCC=C3C2)[C@H](C(=O)O)[C@H]1c1ccc(F)cc1)c1cccc(C)c1. The maximum Gasteiger partial charge on any atom is 0.309 e. The van der Waals surface area contributed by atoms with E-state index >= 15 is 0 Å². The molecule has 1 amide bonds. The molecule has 3 aliphatic rings. The van der Waals surface area contributed by atoms with E-state index in [1.165, 1.54) is 12.1 Å². The zero-order valence-electron chi connectivity index (χ0n) is 22.5. The predicted molar refractivity (Wildman–Crippen MR) is 149 cm³/mol. The molecule has 2 aliphatic heterocycles. The van der Waals surface area contributed by atoms with Crippen molar-refractivity contribution in [3.8, 4) is 0 Å². The van der Waals surface area contributed by atoms with Crippen molar-refractivity contribution in [1.82, 2.24) is 4.90 Å². The van der Waals surface area contributed by atoms with Crippen LogP contribution in [0.25, 0.3) is 0 Å². The Morgan fingerprint density at radius 2 is 1.95 bits per heavy atom. The Labute approximate surface area is 229 Å². The van der Waals surface area contributed by atoms with Crippen molar-refractivity contribution in [2.45, 2.75) is 39.2 Å². The number of aliphatic carboxylic acids is 1. The zero-order chi connectivity index (χ0) is 27.5. The molecule has 6 nitrogen and oxygen atoms in total. The first-order valence-electron chi connectivity index (χ1n) is 13.7. The van der Waals surface area contributed by atoms with Crippen molar-refractivity contribution in [1.29, 1.82) is 0 Å². The molecular weight excluding hydrogens is 495 g/mol. The average Bonchev–Trinajstić information content (AvgIpc) is 3.54. The van der Waals surface area contributed by atoms with Crippen molar-refractivity contribution in [2.75, 3.05) is 31.1 Å². The minimum Gasteiger partial charge on any atom is -0.489 e. The molecule has 2 aromatic carbocycles. The standard InChI is InChI=1S/C32H35FN2O4/c1-3-4-15-35(26-7-5-6-21(2)17-26)29(36)20-34-19-27(23-10-13-28-24(18-23)14-16-39-28)30(32(37)38)31(34)22-8-11-25(33)12-9-22/h5-14,17,27,30-31H,3-4,15-16,18-20H2,1-2H3,(H,37,38)/t27-,30+,31-/m1/s1.